The van der Waals surface area contributed by atoms with Crippen molar-refractivity contribution in [1.29, 1.82) is 0 Å². The van der Waals surface area contributed by atoms with E-state index < -0.39 is 15.8 Å². The fourth-order valence-electron chi connectivity index (χ4n) is 2.06. The predicted molar refractivity (Wildman–Crippen MR) is 78.9 cm³/mol. The Bertz CT molecular complexity index is 576. The molecule has 0 aromatic heterocycles. The number of sulfonamides is 1. The maximum atomic E-state index is 14.4. The average Bonchev–Trinajstić information content (AvgIpc) is 2.33. The van der Waals surface area contributed by atoms with Crippen LogP contribution in [0.15, 0.2) is 17.0 Å². The van der Waals surface area contributed by atoms with Crippen LogP contribution in [-0.4, -0.2) is 32.4 Å². The van der Waals surface area contributed by atoms with Crippen molar-refractivity contribution in [2.75, 3.05) is 13.6 Å². The van der Waals surface area contributed by atoms with Crippen LogP contribution in [0.4, 0.5) is 4.39 Å². The van der Waals surface area contributed by atoms with Crippen molar-refractivity contribution in [2.24, 2.45) is 0 Å². The highest BCUT2D eigenvalue weighted by molar-refractivity contribution is 7.89. The van der Waals surface area contributed by atoms with Crippen molar-refractivity contribution in [3.8, 4) is 0 Å². The third kappa shape index (κ3) is 3.49. The van der Waals surface area contributed by atoms with Gasteiger partial charge in [-0.05, 0) is 33.0 Å². The third-order valence-corrected chi connectivity index (χ3v) is 5.29. The molecule has 1 rings (SSSR count). The number of nitrogens with one attached hydrogen (secondary N) is 1. The molecular weight excluding hydrogens is 303 g/mol. The van der Waals surface area contributed by atoms with Crippen molar-refractivity contribution < 1.29 is 12.8 Å². The van der Waals surface area contributed by atoms with E-state index in [-0.39, 0.29) is 34.6 Å². The van der Waals surface area contributed by atoms with Crippen LogP contribution in [0.2, 0.25) is 5.02 Å². The summed E-state index contributed by atoms with van der Waals surface area (Å²) in [6.45, 7) is 5.70. The molecule has 0 aliphatic rings. The molecule has 0 fully saturated rings. The molecule has 1 aromatic carbocycles. The molecule has 7 heteroatoms. The van der Waals surface area contributed by atoms with Crippen molar-refractivity contribution in [1.82, 2.24) is 9.62 Å². The highest BCUT2D eigenvalue weighted by atomic mass is 35.5. The molecule has 0 saturated heterocycles. The number of hydrogen-bond acceptors (Lipinski definition) is 3. The molecule has 114 valence electrons. The molecule has 1 aromatic rings. The van der Waals surface area contributed by atoms with Gasteiger partial charge < -0.3 is 5.32 Å². The second kappa shape index (κ2) is 6.85. The van der Waals surface area contributed by atoms with Gasteiger partial charge in [0.1, 0.15) is 10.7 Å². The maximum absolute atomic E-state index is 14.4. The lowest BCUT2D eigenvalue weighted by atomic mass is 10.2. The summed E-state index contributed by atoms with van der Waals surface area (Å²) >= 11 is 5.91. The van der Waals surface area contributed by atoms with Crippen molar-refractivity contribution in [3.05, 3.63) is 28.5 Å². The Kier molecular flexibility index (Phi) is 5.94. The Morgan fingerprint density at radius 3 is 2.45 bits per heavy atom. The number of rotatable bonds is 6. The molecule has 0 bridgehead atoms. The molecule has 0 heterocycles. The van der Waals surface area contributed by atoms with Crippen LogP contribution in [0.5, 0.6) is 0 Å². The predicted octanol–water partition coefficient (Wildman–Crippen LogP) is 2.62. The van der Waals surface area contributed by atoms with Gasteiger partial charge in [-0.1, -0.05) is 18.5 Å². The largest absolute Gasteiger partial charge is 0.316 e. The fourth-order valence-corrected chi connectivity index (χ4v) is 4.15. The van der Waals surface area contributed by atoms with E-state index in [0.29, 0.717) is 0 Å². The lowest BCUT2D eigenvalue weighted by Gasteiger charge is -2.25. The molecule has 0 radical (unpaired) electrons. The summed E-state index contributed by atoms with van der Waals surface area (Å²) in [5, 5.41) is 2.99. The van der Waals surface area contributed by atoms with E-state index in [1.807, 2.05) is 0 Å². The van der Waals surface area contributed by atoms with E-state index in [2.05, 4.69) is 5.32 Å². The van der Waals surface area contributed by atoms with Gasteiger partial charge in [-0.25, -0.2) is 12.8 Å². The highest BCUT2D eigenvalue weighted by Gasteiger charge is 2.29. The van der Waals surface area contributed by atoms with Gasteiger partial charge in [-0.15, -0.1) is 0 Å². The normalized spacial score (nSPS) is 12.4. The summed E-state index contributed by atoms with van der Waals surface area (Å²) in [4.78, 5) is -0.370. The van der Waals surface area contributed by atoms with Gasteiger partial charge in [0.25, 0.3) is 0 Å². The Morgan fingerprint density at radius 1 is 1.40 bits per heavy atom. The van der Waals surface area contributed by atoms with Crippen molar-refractivity contribution >= 4 is 21.6 Å². The van der Waals surface area contributed by atoms with E-state index in [9.17, 15) is 12.8 Å². The first-order valence-electron chi connectivity index (χ1n) is 6.40. The van der Waals surface area contributed by atoms with Gasteiger partial charge >= 0.3 is 0 Å². The maximum Gasteiger partial charge on any atom is 0.246 e. The smallest absolute Gasteiger partial charge is 0.246 e. The molecule has 0 aliphatic carbocycles. The van der Waals surface area contributed by atoms with Crippen LogP contribution in [0.25, 0.3) is 0 Å². The number of nitrogens with zero attached hydrogens (tertiary/aromatic N) is 1. The quantitative estimate of drug-likeness (QED) is 0.876. The van der Waals surface area contributed by atoms with Crippen molar-refractivity contribution in [3.63, 3.8) is 0 Å². The van der Waals surface area contributed by atoms with Crippen LogP contribution in [0.1, 0.15) is 26.3 Å². The zero-order valence-corrected chi connectivity index (χ0v) is 13.6. The van der Waals surface area contributed by atoms with Gasteiger partial charge in [-0.2, -0.15) is 4.31 Å². The highest BCUT2D eigenvalue weighted by Crippen LogP contribution is 2.27. The molecule has 0 spiro atoms. The second-order valence-corrected chi connectivity index (χ2v) is 7.00. The van der Waals surface area contributed by atoms with Crippen LogP contribution < -0.4 is 5.32 Å². The molecule has 0 amide bonds. The minimum atomic E-state index is -3.90. The standard InChI is InChI=1S/C13H20ClFN2O2S/c1-5-17(9(2)3)20(18,19)12-7-11(14)6-10(8-16-4)13(12)15/h6-7,9,16H,5,8H2,1-4H3. The molecule has 0 saturated carbocycles. The first kappa shape index (κ1) is 17.4. The molecule has 0 unspecified atom stereocenters. The van der Waals surface area contributed by atoms with E-state index in [0.717, 1.165) is 6.07 Å². The monoisotopic (exact) mass is 322 g/mol. The third-order valence-electron chi connectivity index (χ3n) is 2.92. The molecular formula is C13H20ClFN2O2S. The van der Waals surface area contributed by atoms with E-state index in [1.54, 1.807) is 27.8 Å². The molecule has 20 heavy (non-hydrogen) atoms. The lowest BCUT2D eigenvalue weighted by molar-refractivity contribution is 0.366. The van der Waals surface area contributed by atoms with Gasteiger partial charge in [0.15, 0.2) is 0 Å². The molecule has 4 nitrogen and oxygen atoms in total. The number of benzene rings is 1. The van der Waals surface area contributed by atoms with Crippen LogP contribution >= 0.6 is 11.6 Å². The Balaban J connectivity index is 3.45. The second-order valence-electron chi connectivity index (χ2n) is 4.71. The minimum Gasteiger partial charge on any atom is -0.316 e. The molecule has 0 atom stereocenters. The number of hydrogen-bond donors (Lipinski definition) is 1. The van der Waals surface area contributed by atoms with Gasteiger partial charge in [0, 0.05) is 29.7 Å². The minimum absolute atomic E-state index is 0.204. The van der Waals surface area contributed by atoms with Gasteiger partial charge in [0.05, 0.1) is 0 Å². The summed E-state index contributed by atoms with van der Waals surface area (Å²) < 4.78 is 40.7. The zero-order chi connectivity index (χ0) is 15.5. The van der Waals surface area contributed by atoms with Gasteiger partial charge in [0.2, 0.25) is 10.0 Å². The van der Waals surface area contributed by atoms with Crippen LogP contribution in [0, 0.1) is 5.82 Å². The first-order valence-corrected chi connectivity index (χ1v) is 8.21. The lowest BCUT2D eigenvalue weighted by Crippen LogP contribution is -2.37. The van der Waals surface area contributed by atoms with E-state index >= 15 is 0 Å². The molecule has 1 N–H and O–H groups in total. The van der Waals surface area contributed by atoms with E-state index in [1.165, 1.54) is 10.4 Å². The summed E-state index contributed by atoms with van der Waals surface area (Å²) in [5.41, 5.74) is 0.235. The Labute approximate surface area is 125 Å². The Morgan fingerprint density at radius 2 is 2.00 bits per heavy atom. The SMILES string of the molecule is CCN(C(C)C)S(=O)(=O)c1cc(Cl)cc(CNC)c1F. The zero-order valence-electron chi connectivity index (χ0n) is 12.1. The van der Waals surface area contributed by atoms with Crippen LogP contribution in [-0.2, 0) is 16.6 Å². The average molecular weight is 323 g/mol. The Hall–Kier alpha value is -0.690. The number of halogens is 2. The summed E-state index contributed by atoms with van der Waals surface area (Å²) in [7, 11) is -2.24. The first-order chi connectivity index (χ1) is 9.25. The summed E-state index contributed by atoms with van der Waals surface area (Å²) in [5.74, 6) is -0.747. The molecule has 0 aliphatic heterocycles. The van der Waals surface area contributed by atoms with E-state index in [4.69, 9.17) is 11.6 Å². The topological polar surface area (TPSA) is 49.4 Å². The summed E-state index contributed by atoms with van der Waals surface area (Å²) in [6.07, 6.45) is 0. The fraction of sp³-hybridized carbons (Fsp3) is 0.538. The van der Waals surface area contributed by atoms with Crippen LogP contribution in [0.3, 0.4) is 0 Å². The van der Waals surface area contributed by atoms with Gasteiger partial charge in [-0.3, -0.25) is 0 Å². The van der Waals surface area contributed by atoms with Crippen molar-refractivity contribution in [2.45, 2.75) is 38.3 Å². The summed E-state index contributed by atoms with van der Waals surface area (Å²) in [6, 6.07) is 2.34.